The van der Waals surface area contributed by atoms with Crippen molar-refractivity contribution in [2.24, 2.45) is 4.99 Å². The Morgan fingerprint density at radius 2 is 2.10 bits per heavy atom. The number of aliphatic imine (C=N–C) groups is 1. The average Bonchev–Trinajstić information content (AvgIpc) is 2.98. The van der Waals surface area contributed by atoms with Gasteiger partial charge in [0.2, 0.25) is 0 Å². The molecule has 2 aliphatic rings. The maximum absolute atomic E-state index is 12.5. The lowest BCUT2D eigenvalue weighted by molar-refractivity contribution is 0.215. The van der Waals surface area contributed by atoms with Crippen molar-refractivity contribution < 1.29 is 4.79 Å². The van der Waals surface area contributed by atoms with Gasteiger partial charge in [0.1, 0.15) is 5.84 Å². The van der Waals surface area contributed by atoms with Crippen LogP contribution < -0.4 is 5.32 Å². The first kappa shape index (κ1) is 14.4. The van der Waals surface area contributed by atoms with Crippen LogP contribution in [0.15, 0.2) is 29.3 Å². The van der Waals surface area contributed by atoms with Gasteiger partial charge < -0.3 is 5.32 Å². The molecule has 1 fully saturated rings. The van der Waals surface area contributed by atoms with E-state index in [4.69, 9.17) is 11.6 Å². The van der Waals surface area contributed by atoms with E-state index in [1.54, 1.807) is 4.90 Å². The molecule has 0 radical (unpaired) electrons. The van der Waals surface area contributed by atoms with Crippen molar-refractivity contribution >= 4 is 23.5 Å². The van der Waals surface area contributed by atoms with Gasteiger partial charge >= 0.3 is 6.03 Å². The van der Waals surface area contributed by atoms with E-state index >= 15 is 0 Å². The van der Waals surface area contributed by atoms with Crippen molar-refractivity contribution in [3.05, 3.63) is 34.9 Å². The maximum atomic E-state index is 12.5. The normalized spacial score (nSPS) is 19.5. The summed E-state index contributed by atoms with van der Waals surface area (Å²) in [5.41, 5.74) is 0.902. The molecular weight excluding hydrogens is 286 g/mol. The van der Waals surface area contributed by atoms with Crippen LogP contribution in [-0.2, 0) is 0 Å². The molecule has 0 spiro atoms. The van der Waals surface area contributed by atoms with Crippen molar-refractivity contribution in [2.75, 3.05) is 13.1 Å². The number of hydrogen-bond acceptors (Lipinski definition) is 2. The summed E-state index contributed by atoms with van der Waals surface area (Å²) in [4.78, 5) is 18.7. The van der Waals surface area contributed by atoms with Crippen molar-refractivity contribution in [1.29, 1.82) is 0 Å². The van der Waals surface area contributed by atoms with Crippen LogP contribution in [0.25, 0.3) is 0 Å². The molecule has 1 aliphatic heterocycles. The van der Waals surface area contributed by atoms with Gasteiger partial charge in [-0.1, -0.05) is 43.0 Å². The van der Waals surface area contributed by atoms with Gasteiger partial charge in [-0.3, -0.25) is 9.89 Å². The topological polar surface area (TPSA) is 44.7 Å². The number of amidine groups is 1. The van der Waals surface area contributed by atoms with Crippen LogP contribution >= 0.6 is 11.6 Å². The Morgan fingerprint density at radius 3 is 2.86 bits per heavy atom. The molecule has 3 rings (SSSR count). The maximum Gasteiger partial charge on any atom is 0.323 e. The Bertz CT molecular complexity index is 552. The van der Waals surface area contributed by atoms with Gasteiger partial charge in [-0.25, -0.2) is 4.79 Å². The number of benzene rings is 1. The molecule has 0 aromatic heterocycles. The Labute approximate surface area is 130 Å². The minimum absolute atomic E-state index is 0.0295. The Kier molecular flexibility index (Phi) is 4.44. The fourth-order valence-corrected chi connectivity index (χ4v) is 3.21. The van der Waals surface area contributed by atoms with Crippen LogP contribution in [0.1, 0.15) is 37.7 Å². The highest BCUT2D eigenvalue weighted by molar-refractivity contribution is 6.31. The van der Waals surface area contributed by atoms with Gasteiger partial charge in [0.25, 0.3) is 0 Å². The van der Waals surface area contributed by atoms with E-state index < -0.39 is 0 Å². The molecule has 0 atom stereocenters. The van der Waals surface area contributed by atoms with E-state index in [-0.39, 0.29) is 6.03 Å². The van der Waals surface area contributed by atoms with E-state index in [0.29, 0.717) is 24.2 Å². The molecule has 1 heterocycles. The van der Waals surface area contributed by atoms with Crippen molar-refractivity contribution in [3.63, 3.8) is 0 Å². The first-order valence-corrected chi connectivity index (χ1v) is 8.00. The predicted octanol–water partition coefficient (Wildman–Crippen LogP) is 3.44. The van der Waals surface area contributed by atoms with Crippen LogP contribution in [-0.4, -0.2) is 35.9 Å². The number of nitrogens with one attached hydrogen (secondary N) is 1. The number of nitrogens with zero attached hydrogens (tertiary/aromatic N) is 2. The average molecular weight is 306 g/mol. The van der Waals surface area contributed by atoms with Crippen LogP contribution in [0.5, 0.6) is 0 Å². The fourth-order valence-electron chi connectivity index (χ4n) is 3.02. The summed E-state index contributed by atoms with van der Waals surface area (Å²) in [7, 11) is 0. The van der Waals surface area contributed by atoms with E-state index in [9.17, 15) is 4.79 Å². The van der Waals surface area contributed by atoms with Gasteiger partial charge in [-0.2, -0.15) is 0 Å². The number of carbonyl (C=O) groups excluding carboxylic acids is 1. The van der Waals surface area contributed by atoms with E-state index in [0.717, 1.165) is 24.2 Å². The van der Waals surface area contributed by atoms with Gasteiger partial charge in [-0.15, -0.1) is 0 Å². The Morgan fingerprint density at radius 1 is 1.29 bits per heavy atom. The lowest BCUT2D eigenvalue weighted by atomic mass is 9.96. The quantitative estimate of drug-likeness (QED) is 0.893. The smallest absolute Gasteiger partial charge is 0.323 e. The summed E-state index contributed by atoms with van der Waals surface area (Å²) >= 11 is 6.03. The summed E-state index contributed by atoms with van der Waals surface area (Å²) in [5.74, 6) is 0.728. The molecular formula is C16H20ClN3O. The molecule has 1 aromatic carbocycles. The molecule has 1 saturated carbocycles. The molecule has 4 nitrogen and oxygen atoms in total. The number of halogens is 1. The molecule has 5 heteroatoms. The molecule has 2 amide bonds. The van der Waals surface area contributed by atoms with Crippen molar-refractivity contribution in [1.82, 2.24) is 10.2 Å². The number of amides is 2. The van der Waals surface area contributed by atoms with Gasteiger partial charge in [0.05, 0.1) is 6.54 Å². The Balaban J connectivity index is 1.69. The second-order valence-electron chi connectivity index (χ2n) is 5.65. The van der Waals surface area contributed by atoms with E-state index in [1.807, 2.05) is 24.3 Å². The van der Waals surface area contributed by atoms with Crippen LogP contribution in [0, 0.1) is 0 Å². The van der Waals surface area contributed by atoms with Gasteiger partial charge in [-0.05, 0) is 25.0 Å². The Hall–Kier alpha value is -1.55. The number of urea groups is 1. The predicted molar refractivity (Wildman–Crippen MR) is 85.0 cm³/mol. The van der Waals surface area contributed by atoms with Crippen LogP contribution in [0.4, 0.5) is 4.79 Å². The number of rotatable bonds is 2. The zero-order chi connectivity index (χ0) is 14.7. The monoisotopic (exact) mass is 305 g/mol. The third kappa shape index (κ3) is 3.38. The SMILES string of the molecule is O=C(NC1CCCCC1)N1CCN=C1c1cccc(Cl)c1. The fraction of sp³-hybridized carbons (Fsp3) is 0.500. The third-order valence-electron chi connectivity index (χ3n) is 4.10. The second kappa shape index (κ2) is 6.48. The number of carbonyl (C=O) groups is 1. The first-order valence-electron chi connectivity index (χ1n) is 7.62. The van der Waals surface area contributed by atoms with Gasteiger partial charge in [0, 0.05) is 23.2 Å². The van der Waals surface area contributed by atoms with E-state index in [2.05, 4.69) is 10.3 Å². The lowest BCUT2D eigenvalue weighted by Crippen LogP contribution is -2.47. The van der Waals surface area contributed by atoms with Crippen LogP contribution in [0.3, 0.4) is 0 Å². The number of hydrogen-bond donors (Lipinski definition) is 1. The second-order valence-corrected chi connectivity index (χ2v) is 6.09. The molecule has 112 valence electrons. The molecule has 21 heavy (non-hydrogen) atoms. The molecule has 0 bridgehead atoms. The zero-order valence-electron chi connectivity index (χ0n) is 12.0. The summed E-state index contributed by atoms with van der Waals surface area (Å²) in [6, 6.07) is 7.79. The highest BCUT2D eigenvalue weighted by Gasteiger charge is 2.27. The van der Waals surface area contributed by atoms with E-state index in [1.165, 1.54) is 19.3 Å². The summed E-state index contributed by atoms with van der Waals surface area (Å²) in [6.45, 7) is 1.29. The van der Waals surface area contributed by atoms with Crippen LogP contribution in [0.2, 0.25) is 5.02 Å². The molecule has 1 aromatic rings. The summed E-state index contributed by atoms with van der Waals surface area (Å²) in [6.07, 6.45) is 5.87. The molecule has 0 unspecified atom stereocenters. The van der Waals surface area contributed by atoms with Crippen molar-refractivity contribution in [2.45, 2.75) is 38.1 Å². The molecule has 0 saturated heterocycles. The first-order chi connectivity index (χ1) is 10.2. The highest BCUT2D eigenvalue weighted by atomic mass is 35.5. The summed E-state index contributed by atoms with van der Waals surface area (Å²) in [5, 5.41) is 3.81. The third-order valence-corrected chi connectivity index (χ3v) is 4.34. The highest BCUT2D eigenvalue weighted by Crippen LogP contribution is 2.19. The lowest BCUT2D eigenvalue weighted by Gasteiger charge is -2.26. The standard InChI is InChI=1S/C16H20ClN3O/c17-13-6-4-5-12(11-13)15-18-9-10-20(15)16(21)19-14-7-2-1-3-8-14/h4-6,11,14H,1-3,7-10H2,(H,19,21). The molecule has 1 aliphatic carbocycles. The largest absolute Gasteiger partial charge is 0.335 e. The van der Waals surface area contributed by atoms with Crippen molar-refractivity contribution in [3.8, 4) is 0 Å². The minimum Gasteiger partial charge on any atom is -0.335 e. The molecule has 1 N–H and O–H groups in total. The zero-order valence-corrected chi connectivity index (χ0v) is 12.8. The minimum atomic E-state index is -0.0295. The van der Waals surface area contributed by atoms with Gasteiger partial charge in [0.15, 0.2) is 0 Å². The summed E-state index contributed by atoms with van der Waals surface area (Å²) < 4.78 is 0.